The fraction of sp³-hybridized carbons (Fsp3) is 0.500. The summed E-state index contributed by atoms with van der Waals surface area (Å²) in [5, 5.41) is 4.00. The fourth-order valence-electron chi connectivity index (χ4n) is 3.20. The van der Waals surface area contributed by atoms with Crippen molar-refractivity contribution in [2.75, 3.05) is 18.8 Å². The lowest BCUT2D eigenvalue weighted by molar-refractivity contribution is -0.126. The van der Waals surface area contributed by atoms with E-state index >= 15 is 0 Å². The Morgan fingerprint density at radius 2 is 2.00 bits per heavy atom. The minimum atomic E-state index is -3.16. The topological polar surface area (TPSA) is 79.6 Å². The number of rotatable bonds is 5. The number of carbonyl (C=O) groups excluding carboxylic acids is 1. The van der Waals surface area contributed by atoms with E-state index in [0.29, 0.717) is 25.9 Å². The van der Waals surface area contributed by atoms with Gasteiger partial charge in [-0.1, -0.05) is 18.2 Å². The molecular formula is C18H24N2O4S. The van der Waals surface area contributed by atoms with Gasteiger partial charge in [-0.15, -0.1) is 0 Å². The van der Waals surface area contributed by atoms with Gasteiger partial charge in [-0.25, -0.2) is 12.7 Å². The summed E-state index contributed by atoms with van der Waals surface area (Å²) in [6.45, 7) is 4.36. The lowest BCUT2D eigenvalue weighted by Gasteiger charge is -2.30. The molecule has 1 fully saturated rings. The van der Waals surface area contributed by atoms with Crippen LogP contribution in [0.1, 0.15) is 38.5 Å². The van der Waals surface area contributed by atoms with Crippen molar-refractivity contribution >= 4 is 26.9 Å². The molecule has 1 N–H and O–H groups in total. The van der Waals surface area contributed by atoms with Crippen molar-refractivity contribution in [2.24, 2.45) is 5.92 Å². The zero-order valence-corrected chi connectivity index (χ0v) is 15.4. The lowest BCUT2D eigenvalue weighted by atomic mass is 9.97. The minimum Gasteiger partial charge on any atom is -0.459 e. The van der Waals surface area contributed by atoms with E-state index < -0.39 is 10.0 Å². The Balaban J connectivity index is 1.59. The standard InChI is InChI=1S/C18H24N2O4S/c1-3-25(22,23)20-10-8-14(9-11-20)18(21)19-13(2)17-12-15-6-4-5-7-16(15)24-17/h4-7,12-14H,3,8-11H2,1-2H3,(H,19,21)/t13-/m1/s1. The van der Waals surface area contributed by atoms with Gasteiger partial charge in [-0.2, -0.15) is 0 Å². The number of para-hydroxylation sites is 1. The highest BCUT2D eigenvalue weighted by atomic mass is 32.2. The first kappa shape index (κ1) is 17.9. The van der Waals surface area contributed by atoms with Gasteiger partial charge in [0.05, 0.1) is 11.8 Å². The molecule has 1 aliphatic heterocycles. The molecule has 1 amide bonds. The van der Waals surface area contributed by atoms with E-state index in [1.54, 1.807) is 6.92 Å². The summed E-state index contributed by atoms with van der Waals surface area (Å²) in [6, 6.07) is 9.45. The van der Waals surface area contributed by atoms with Gasteiger partial charge in [0.25, 0.3) is 0 Å². The predicted octanol–water partition coefficient (Wildman–Crippen LogP) is 2.67. The maximum atomic E-state index is 12.5. The average molecular weight is 364 g/mol. The van der Waals surface area contributed by atoms with Crippen LogP contribution in [0.15, 0.2) is 34.7 Å². The summed E-state index contributed by atoms with van der Waals surface area (Å²) in [6.07, 6.45) is 1.11. The van der Waals surface area contributed by atoms with Crippen molar-refractivity contribution < 1.29 is 17.6 Å². The molecular weight excluding hydrogens is 340 g/mol. The van der Waals surface area contributed by atoms with Crippen molar-refractivity contribution in [1.29, 1.82) is 0 Å². The highest BCUT2D eigenvalue weighted by molar-refractivity contribution is 7.89. The Morgan fingerprint density at radius 1 is 1.32 bits per heavy atom. The number of piperidine rings is 1. The van der Waals surface area contributed by atoms with Gasteiger partial charge >= 0.3 is 0 Å². The zero-order chi connectivity index (χ0) is 18.0. The van der Waals surface area contributed by atoms with Gasteiger partial charge in [0.2, 0.25) is 15.9 Å². The quantitative estimate of drug-likeness (QED) is 0.885. The zero-order valence-electron chi connectivity index (χ0n) is 14.6. The maximum Gasteiger partial charge on any atom is 0.223 e. The van der Waals surface area contributed by atoms with E-state index in [1.807, 2.05) is 37.3 Å². The molecule has 0 radical (unpaired) electrons. The van der Waals surface area contributed by atoms with Crippen LogP contribution in [0.3, 0.4) is 0 Å². The molecule has 3 rings (SSSR count). The first-order chi connectivity index (χ1) is 11.9. The molecule has 7 heteroatoms. The number of nitrogens with one attached hydrogen (secondary N) is 1. The Bertz CT molecular complexity index is 818. The molecule has 0 unspecified atom stereocenters. The summed E-state index contributed by atoms with van der Waals surface area (Å²) in [4.78, 5) is 12.5. The van der Waals surface area contributed by atoms with E-state index in [-0.39, 0.29) is 23.6 Å². The van der Waals surface area contributed by atoms with E-state index in [4.69, 9.17) is 4.42 Å². The number of furan rings is 1. The van der Waals surface area contributed by atoms with Gasteiger partial charge in [-0.05, 0) is 38.8 Å². The predicted molar refractivity (Wildman–Crippen MR) is 96.5 cm³/mol. The third-order valence-corrected chi connectivity index (χ3v) is 6.69. The largest absolute Gasteiger partial charge is 0.459 e. The summed E-state index contributed by atoms with van der Waals surface area (Å²) >= 11 is 0. The van der Waals surface area contributed by atoms with Crippen LogP contribution in [0, 0.1) is 5.92 Å². The number of hydrogen-bond donors (Lipinski definition) is 1. The van der Waals surface area contributed by atoms with Crippen LogP contribution in [0.4, 0.5) is 0 Å². The van der Waals surface area contributed by atoms with Crippen molar-refractivity contribution in [1.82, 2.24) is 9.62 Å². The van der Waals surface area contributed by atoms with Gasteiger partial charge in [0.15, 0.2) is 0 Å². The van der Waals surface area contributed by atoms with E-state index in [1.165, 1.54) is 4.31 Å². The summed E-state index contributed by atoms with van der Waals surface area (Å²) in [5.74, 6) is 0.629. The van der Waals surface area contributed by atoms with Crippen LogP contribution in [0.2, 0.25) is 0 Å². The third kappa shape index (κ3) is 3.88. The van der Waals surface area contributed by atoms with Crippen molar-refractivity contribution in [3.05, 3.63) is 36.1 Å². The van der Waals surface area contributed by atoms with Crippen molar-refractivity contribution in [2.45, 2.75) is 32.7 Å². The monoisotopic (exact) mass is 364 g/mol. The number of sulfonamides is 1. The second-order valence-corrected chi connectivity index (χ2v) is 8.75. The highest BCUT2D eigenvalue weighted by Gasteiger charge is 2.30. The van der Waals surface area contributed by atoms with Gasteiger partial charge in [0.1, 0.15) is 11.3 Å². The number of fused-ring (bicyclic) bond motifs is 1. The van der Waals surface area contributed by atoms with Crippen LogP contribution in [-0.4, -0.2) is 37.5 Å². The van der Waals surface area contributed by atoms with E-state index in [2.05, 4.69) is 5.32 Å². The first-order valence-electron chi connectivity index (χ1n) is 8.67. The van der Waals surface area contributed by atoms with E-state index in [9.17, 15) is 13.2 Å². The Hall–Kier alpha value is -1.86. The molecule has 6 nitrogen and oxygen atoms in total. The molecule has 1 aromatic carbocycles. The van der Waals surface area contributed by atoms with Crippen LogP contribution < -0.4 is 5.32 Å². The summed E-state index contributed by atoms with van der Waals surface area (Å²) in [5.41, 5.74) is 0.802. The van der Waals surface area contributed by atoms with Crippen molar-refractivity contribution in [3.8, 4) is 0 Å². The Morgan fingerprint density at radius 3 is 2.64 bits per heavy atom. The second-order valence-electron chi connectivity index (χ2n) is 6.49. The minimum absolute atomic E-state index is 0.0403. The summed E-state index contributed by atoms with van der Waals surface area (Å²) < 4.78 is 31.1. The molecule has 0 spiro atoms. The average Bonchev–Trinajstić information content (AvgIpc) is 3.06. The normalized spacial score (nSPS) is 18.3. The molecule has 0 bridgehead atoms. The van der Waals surface area contributed by atoms with E-state index in [0.717, 1.165) is 16.7 Å². The highest BCUT2D eigenvalue weighted by Crippen LogP contribution is 2.25. The number of nitrogens with zero attached hydrogens (tertiary/aromatic N) is 1. The molecule has 25 heavy (non-hydrogen) atoms. The van der Waals surface area contributed by atoms with Crippen LogP contribution >= 0.6 is 0 Å². The second kappa shape index (κ2) is 7.17. The summed E-state index contributed by atoms with van der Waals surface area (Å²) in [7, 11) is -3.16. The molecule has 2 heterocycles. The van der Waals surface area contributed by atoms with Gasteiger partial charge in [0, 0.05) is 24.4 Å². The lowest BCUT2D eigenvalue weighted by Crippen LogP contribution is -2.43. The van der Waals surface area contributed by atoms with Crippen LogP contribution in [-0.2, 0) is 14.8 Å². The third-order valence-electron chi connectivity index (χ3n) is 4.81. The molecule has 2 aromatic rings. The van der Waals surface area contributed by atoms with Crippen LogP contribution in [0.25, 0.3) is 11.0 Å². The smallest absolute Gasteiger partial charge is 0.223 e. The van der Waals surface area contributed by atoms with Crippen LogP contribution in [0.5, 0.6) is 0 Å². The number of amides is 1. The molecule has 136 valence electrons. The molecule has 1 aliphatic rings. The van der Waals surface area contributed by atoms with Gasteiger partial charge in [-0.3, -0.25) is 4.79 Å². The van der Waals surface area contributed by atoms with Crippen molar-refractivity contribution in [3.63, 3.8) is 0 Å². The SMILES string of the molecule is CCS(=O)(=O)N1CCC(C(=O)N[C@H](C)c2cc3ccccc3o2)CC1. The first-order valence-corrected chi connectivity index (χ1v) is 10.3. The molecule has 1 aromatic heterocycles. The van der Waals surface area contributed by atoms with Gasteiger partial charge < -0.3 is 9.73 Å². The molecule has 1 atom stereocenters. The molecule has 0 saturated carbocycles. The molecule has 0 aliphatic carbocycles. The molecule has 1 saturated heterocycles. The number of carbonyl (C=O) groups is 1. The number of hydrogen-bond acceptors (Lipinski definition) is 4. The number of benzene rings is 1. The Labute approximate surface area is 148 Å². The maximum absolute atomic E-state index is 12.5. The fourth-order valence-corrected chi connectivity index (χ4v) is 4.33. The Kier molecular flexibility index (Phi) is 5.15.